The lowest BCUT2D eigenvalue weighted by Crippen LogP contribution is -2.14. The molecule has 0 aromatic heterocycles. The van der Waals surface area contributed by atoms with Crippen molar-refractivity contribution < 1.29 is 13.2 Å². The normalized spacial score (nSPS) is 11.6. The second kappa shape index (κ2) is 5.47. The predicted octanol–water partition coefficient (Wildman–Crippen LogP) is 5.12. The van der Waals surface area contributed by atoms with Crippen molar-refractivity contribution in [3.8, 4) is 0 Å². The summed E-state index contributed by atoms with van der Waals surface area (Å²) in [6, 6.07) is 3.12. The van der Waals surface area contributed by atoms with Gasteiger partial charge in [-0.3, -0.25) is 0 Å². The van der Waals surface area contributed by atoms with Crippen LogP contribution in [-0.4, -0.2) is 12.7 Å². The highest BCUT2D eigenvalue weighted by molar-refractivity contribution is 9.10. The van der Waals surface area contributed by atoms with Gasteiger partial charge >= 0.3 is 6.18 Å². The first-order valence-electron chi connectivity index (χ1n) is 4.25. The van der Waals surface area contributed by atoms with Crippen molar-refractivity contribution in [3.63, 3.8) is 0 Å². The van der Waals surface area contributed by atoms with E-state index < -0.39 is 12.6 Å². The summed E-state index contributed by atoms with van der Waals surface area (Å²) in [5, 5.41) is 3.12. The van der Waals surface area contributed by atoms with Crippen molar-refractivity contribution in [2.24, 2.45) is 0 Å². The van der Waals surface area contributed by atoms with Gasteiger partial charge in [-0.1, -0.05) is 39.1 Å². The fourth-order valence-corrected chi connectivity index (χ4v) is 2.38. The molecule has 1 N–H and O–H groups in total. The second-order valence-corrected chi connectivity index (χ2v) is 4.77. The first-order chi connectivity index (χ1) is 7.29. The summed E-state index contributed by atoms with van der Waals surface area (Å²) in [6.45, 7) is -0.259. The number of anilines is 1. The molecule has 90 valence electrons. The zero-order valence-corrected chi connectivity index (χ0v) is 10.9. The smallest absolute Gasteiger partial charge is 0.382 e. The molecule has 0 heterocycles. The Labute approximate surface area is 109 Å². The zero-order valence-electron chi connectivity index (χ0n) is 7.84. The lowest BCUT2D eigenvalue weighted by molar-refractivity contribution is -0.131. The molecule has 1 nitrogen and oxygen atoms in total. The average Bonchev–Trinajstić information content (AvgIpc) is 2.07. The maximum atomic E-state index is 11.9. The first-order valence-corrected chi connectivity index (χ1v) is 5.79. The van der Waals surface area contributed by atoms with Crippen LogP contribution in [0.2, 0.25) is 10.0 Å². The van der Waals surface area contributed by atoms with Gasteiger partial charge in [-0.25, -0.2) is 0 Å². The second-order valence-electron chi connectivity index (χ2n) is 3.04. The van der Waals surface area contributed by atoms with E-state index >= 15 is 0 Å². The van der Waals surface area contributed by atoms with E-state index in [1.807, 2.05) is 0 Å². The number of hydrogen-bond donors (Lipinski definition) is 1. The molecule has 0 bridgehead atoms. The van der Waals surface area contributed by atoms with Gasteiger partial charge in [0.1, 0.15) is 0 Å². The van der Waals surface area contributed by atoms with Crippen LogP contribution >= 0.6 is 39.1 Å². The molecule has 7 heteroatoms. The third-order valence-corrected chi connectivity index (χ3v) is 2.77. The van der Waals surface area contributed by atoms with Crippen molar-refractivity contribution in [2.75, 3.05) is 11.9 Å². The van der Waals surface area contributed by atoms with Gasteiger partial charge in [0.25, 0.3) is 0 Å². The molecular formula is C9H7BrCl2F3N. The van der Waals surface area contributed by atoms with E-state index in [4.69, 9.17) is 23.2 Å². The Hall–Kier alpha value is -0.130. The fraction of sp³-hybridized carbons (Fsp3) is 0.333. The zero-order chi connectivity index (χ0) is 12.3. The maximum Gasteiger partial charge on any atom is 0.390 e. The molecule has 0 aliphatic heterocycles. The number of halogens is 6. The van der Waals surface area contributed by atoms with Crippen LogP contribution in [0.3, 0.4) is 0 Å². The molecule has 1 rings (SSSR count). The first kappa shape index (κ1) is 13.9. The Morgan fingerprint density at radius 2 is 1.69 bits per heavy atom. The number of alkyl halides is 3. The minimum absolute atomic E-state index is 0.259. The fourth-order valence-electron chi connectivity index (χ4n) is 1.04. The van der Waals surface area contributed by atoms with E-state index in [1.54, 1.807) is 12.1 Å². The minimum atomic E-state index is -4.19. The van der Waals surface area contributed by atoms with E-state index in [0.717, 1.165) is 0 Å². The highest BCUT2D eigenvalue weighted by Gasteiger charge is 2.26. The minimum Gasteiger partial charge on any atom is -0.382 e. The lowest BCUT2D eigenvalue weighted by atomic mass is 10.3. The lowest BCUT2D eigenvalue weighted by Gasteiger charge is -2.12. The maximum absolute atomic E-state index is 11.9. The third-order valence-electron chi connectivity index (χ3n) is 1.72. The van der Waals surface area contributed by atoms with Crippen LogP contribution in [0.15, 0.2) is 16.6 Å². The molecule has 0 saturated heterocycles. The summed E-state index contributed by atoms with van der Waals surface area (Å²) in [5.74, 6) is 0. The summed E-state index contributed by atoms with van der Waals surface area (Å²) in [6.07, 6.45) is -5.13. The Morgan fingerprint density at radius 3 is 2.12 bits per heavy atom. The molecule has 0 amide bonds. The number of hydrogen-bond acceptors (Lipinski definition) is 1. The van der Waals surface area contributed by atoms with E-state index in [1.165, 1.54) is 0 Å². The van der Waals surface area contributed by atoms with Crippen molar-refractivity contribution in [2.45, 2.75) is 12.6 Å². The molecule has 0 atom stereocenters. The Balaban J connectivity index is 2.68. The number of rotatable bonds is 3. The van der Waals surface area contributed by atoms with Crippen molar-refractivity contribution in [1.82, 2.24) is 0 Å². The quantitative estimate of drug-likeness (QED) is 0.807. The van der Waals surface area contributed by atoms with Crippen LogP contribution in [0.1, 0.15) is 6.42 Å². The summed E-state index contributed by atoms with van der Waals surface area (Å²) in [7, 11) is 0. The molecule has 0 fully saturated rings. The standard InChI is InChI=1S/C9H7BrCl2F3N/c10-5-3-6(11)8(7(12)4-5)16-2-1-9(13,14)15/h3-4,16H,1-2H2. The van der Waals surface area contributed by atoms with Gasteiger partial charge in [-0.05, 0) is 12.1 Å². The third kappa shape index (κ3) is 4.39. The topological polar surface area (TPSA) is 12.0 Å². The summed E-state index contributed by atoms with van der Waals surface area (Å²) in [4.78, 5) is 0. The van der Waals surface area contributed by atoms with Gasteiger partial charge in [0, 0.05) is 11.0 Å². The van der Waals surface area contributed by atoms with Crippen LogP contribution in [-0.2, 0) is 0 Å². The molecule has 0 unspecified atom stereocenters. The molecule has 0 aliphatic carbocycles. The Bertz CT molecular complexity index is 359. The van der Waals surface area contributed by atoms with E-state index in [-0.39, 0.29) is 16.6 Å². The molecule has 0 spiro atoms. The van der Waals surface area contributed by atoms with Gasteiger partial charge < -0.3 is 5.32 Å². The monoisotopic (exact) mass is 335 g/mol. The summed E-state index contributed by atoms with van der Waals surface area (Å²) >= 11 is 14.8. The molecule has 1 aromatic carbocycles. The van der Waals surface area contributed by atoms with Crippen molar-refractivity contribution >= 4 is 44.8 Å². The average molecular weight is 337 g/mol. The van der Waals surface area contributed by atoms with Crippen LogP contribution in [0, 0.1) is 0 Å². The SMILES string of the molecule is FC(F)(F)CCNc1c(Cl)cc(Br)cc1Cl. The van der Waals surface area contributed by atoms with Crippen LogP contribution in [0.5, 0.6) is 0 Å². The van der Waals surface area contributed by atoms with E-state index in [9.17, 15) is 13.2 Å². The molecule has 16 heavy (non-hydrogen) atoms. The van der Waals surface area contributed by atoms with Crippen molar-refractivity contribution in [3.05, 3.63) is 26.7 Å². The molecule has 1 aromatic rings. The molecule has 0 radical (unpaired) electrons. The van der Waals surface area contributed by atoms with Crippen LogP contribution in [0.4, 0.5) is 18.9 Å². The van der Waals surface area contributed by atoms with Crippen molar-refractivity contribution in [1.29, 1.82) is 0 Å². The van der Waals surface area contributed by atoms with Gasteiger partial charge in [0.05, 0.1) is 22.2 Å². The highest BCUT2D eigenvalue weighted by Crippen LogP contribution is 2.34. The van der Waals surface area contributed by atoms with Crippen LogP contribution < -0.4 is 5.32 Å². The summed E-state index contributed by atoms with van der Waals surface area (Å²) < 4.78 is 36.4. The van der Waals surface area contributed by atoms with Gasteiger partial charge in [-0.2, -0.15) is 13.2 Å². The number of nitrogens with one attached hydrogen (secondary N) is 1. The molecule has 0 aliphatic rings. The van der Waals surface area contributed by atoms with E-state index in [2.05, 4.69) is 21.2 Å². The summed E-state index contributed by atoms with van der Waals surface area (Å²) in [5.41, 5.74) is 0.316. The van der Waals surface area contributed by atoms with Crippen LogP contribution in [0.25, 0.3) is 0 Å². The predicted molar refractivity (Wildman–Crippen MR) is 63.3 cm³/mol. The van der Waals surface area contributed by atoms with Gasteiger partial charge in [0.2, 0.25) is 0 Å². The largest absolute Gasteiger partial charge is 0.390 e. The van der Waals surface area contributed by atoms with Gasteiger partial charge in [0.15, 0.2) is 0 Å². The Morgan fingerprint density at radius 1 is 1.19 bits per heavy atom. The number of benzene rings is 1. The van der Waals surface area contributed by atoms with E-state index in [0.29, 0.717) is 10.2 Å². The van der Waals surface area contributed by atoms with Gasteiger partial charge in [-0.15, -0.1) is 0 Å². The molecular weight excluding hydrogens is 330 g/mol. The Kier molecular flexibility index (Phi) is 4.76. The highest BCUT2D eigenvalue weighted by atomic mass is 79.9. The molecule has 0 saturated carbocycles.